The first kappa shape index (κ1) is 30.3. The number of carbonyl (C=O) groups excluding carboxylic acids is 3. The highest BCUT2D eigenvalue weighted by molar-refractivity contribution is 5.96. The van der Waals surface area contributed by atoms with E-state index in [9.17, 15) is 19.2 Å². The van der Waals surface area contributed by atoms with Crippen molar-refractivity contribution in [3.63, 3.8) is 0 Å². The van der Waals surface area contributed by atoms with Crippen molar-refractivity contribution in [1.29, 1.82) is 0 Å². The van der Waals surface area contributed by atoms with Crippen molar-refractivity contribution in [3.8, 4) is 16.9 Å². The highest BCUT2D eigenvalue weighted by Gasteiger charge is 2.30. The van der Waals surface area contributed by atoms with Crippen LogP contribution in [0.5, 0.6) is 5.75 Å². The molecule has 0 unspecified atom stereocenters. The van der Waals surface area contributed by atoms with Gasteiger partial charge in [0.15, 0.2) is 19.0 Å². The lowest BCUT2D eigenvalue weighted by atomic mass is 9.98. The molecule has 0 fully saturated rings. The fraction of sp³-hybridized carbons (Fsp3) is 0.333. The summed E-state index contributed by atoms with van der Waals surface area (Å²) in [6.45, 7) is 6.25. The van der Waals surface area contributed by atoms with Crippen LogP contribution in [0.4, 0.5) is 4.79 Å². The quantitative estimate of drug-likeness (QED) is 0.274. The van der Waals surface area contributed by atoms with Gasteiger partial charge in [-0.15, -0.1) is 0 Å². The van der Waals surface area contributed by atoms with Crippen LogP contribution < -0.4 is 10.1 Å². The van der Waals surface area contributed by atoms with Gasteiger partial charge < -0.3 is 24.6 Å². The van der Waals surface area contributed by atoms with Crippen LogP contribution in [-0.4, -0.2) is 54.8 Å². The number of amides is 1. The van der Waals surface area contributed by atoms with E-state index in [1.54, 1.807) is 13.8 Å². The summed E-state index contributed by atoms with van der Waals surface area (Å²) in [7, 11) is 0. The van der Waals surface area contributed by atoms with Gasteiger partial charge in [0.1, 0.15) is 12.4 Å². The molecular weight excluding hydrogens is 538 g/mol. The van der Waals surface area contributed by atoms with Gasteiger partial charge in [-0.1, -0.05) is 62.4 Å². The van der Waals surface area contributed by atoms with Crippen LogP contribution in [0.15, 0.2) is 60.7 Å². The second-order valence-corrected chi connectivity index (χ2v) is 10.8. The molecule has 0 radical (unpaired) electrons. The third kappa shape index (κ3) is 7.15. The van der Waals surface area contributed by atoms with Crippen molar-refractivity contribution in [1.82, 2.24) is 5.32 Å². The lowest BCUT2D eigenvalue weighted by molar-refractivity contribution is -0.139. The molecule has 9 heteroatoms. The number of hydrogen-bond acceptors (Lipinski definition) is 7. The number of benzene rings is 3. The fourth-order valence-electron chi connectivity index (χ4n) is 5.31. The summed E-state index contributed by atoms with van der Waals surface area (Å²) in [4.78, 5) is 49.6. The lowest BCUT2D eigenvalue weighted by Crippen LogP contribution is -2.44. The van der Waals surface area contributed by atoms with E-state index in [1.807, 2.05) is 50.2 Å². The number of carboxylic acid groups (broad SMARTS) is 1. The number of ether oxygens (including phenoxy) is 3. The van der Waals surface area contributed by atoms with Crippen LogP contribution in [0.3, 0.4) is 0 Å². The molecule has 1 amide bonds. The van der Waals surface area contributed by atoms with Crippen LogP contribution in [-0.2, 0) is 19.1 Å². The molecule has 3 aromatic rings. The monoisotopic (exact) mass is 573 g/mol. The van der Waals surface area contributed by atoms with E-state index in [0.29, 0.717) is 23.3 Å². The first-order chi connectivity index (χ1) is 20.0. The molecule has 3 aromatic carbocycles. The molecule has 0 aromatic heterocycles. The third-order valence-electron chi connectivity index (χ3n) is 7.15. The minimum atomic E-state index is -1.12. The Bertz CT molecular complexity index is 1430. The predicted molar refractivity (Wildman–Crippen MR) is 156 cm³/mol. The topological polar surface area (TPSA) is 128 Å². The fourth-order valence-corrected chi connectivity index (χ4v) is 5.31. The Morgan fingerprint density at radius 2 is 1.43 bits per heavy atom. The number of Topliss-reactive ketones (excluding diaryl/α,β-unsaturated/α-hetero) is 1. The van der Waals surface area contributed by atoms with Gasteiger partial charge in [-0.3, -0.25) is 4.79 Å². The van der Waals surface area contributed by atoms with Crippen molar-refractivity contribution in [3.05, 3.63) is 88.5 Å². The van der Waals surface area contributed by atoms with E-state index in [-0.39, 0.29) is 24.0 Å². The molecule has 2 N–H and O–H groups in total. The Hall–Kier alpha value is -4.66. The zero-order valence-corrected chi connectivity index (χ0v) is 24.1. The highest BCUT2D eigenvalue weighted by atomic mass is 16.6. The van der Waals surface area contributed by atoms with E-state index in [0.717, 1.165) is 22.3 Å². The Morgan fingerprint density at radius 3 is 1.98 bits per heavy atom. The molecule has 1 aliphatic carbocycles. The molecule has 220 valence electrons. The average Bonchev–Trinajstić information content (AvgIpc) is 3.26. The van der Waals surface area contributed by atoms with Gasteiger partial charge in [-0.2, -0.15) is 0 Å². The average molecular weight is 574 g/mol. The summed E-state index contributed by atoms with van der Waals surface area (Å²) >= 11 is 0. The highest BCUT2D eigenvalue weighted by Crippen LogP contribution is 2.44. The maximum absolute atomic E-state index is 13.1. The number of hydrogen-bond donors (Lipinski definition) is 2. The number of aliphatic carboxylic acids is 1. The number of rotatable bonds is 12. The Kier molecular flexibility index (Phi) is 9.62. The molecule has 9 nitrogen and oxygen atoms in total. The molecular formula is C33H35NO8. The van der Waals surface area contributed by atoms with Gasteiger partial charge >= 0.3 is 18.0 Å². The maximum atomic E-state index is 13.1. The first-order valence-corrected chi connectivity index (χ1v) is 13.8. The zero-order valence-electron chi connectivity index (χ0n) is 24.1. The summed E-state index contributed by atoms with van der Waals surface area (Å²) < 4.78 is 16.1. The lowest BCUT2D eigenvalue weighted by Gasteiger charge is -2.21. The van der Waals surface area contributed by atoms with Gasteiger partial charge in [-0.05, 0) is 71.7 Å². The second-order valence-electron chi connectivity index (χ2n) is 10.8. The van der Waals surface area contributed by atoms with E-state index in [2.05, 4.69) is 17.4 Å². The minimum absolute atomic E-state index is 0.0753. The van der Waals surface area contributed by atoms with E-state index >= 15 is 0 Å². The molecule has 0 aliphatic heterocycles. The van der Waals surface area contributed by atoms with Crippen LogP contribution in [0, 0.1) is 19.8 Å². The Labute approximate surface area is 244 Å². The largest absolute Gasteiger partial charge is 0.482 e. The van der Waals surface area contributed by atoms with Crippen molar-refractivity contribution < 1.29 is 38.5 Å². The normalized spacial score (nSPS) is 12.7. The Morgan fingerprint density at radius 1 is 0.857 bits per heavy atom. The van der Waals surface area contributed by atoms with Crippen LogP contribution >= 0.6 is 0 Å². The van der Waals surface area contributed by atoms with E-state index < -0.39 is 43.1 Å². The second kappa shape index (κ2) is 13.3. The van der Waals surface area contributed by atoms with Gasteiger partial charge in [0.25, 0.3) is 0 Å². The molecule has 4 rings (SSSR count). The SMILES string of the molecule is Cc1cc(OCC(=O)O)cc(C)c1C(=O)OCC(=O)[C@H](CC(C)C)NC(=O)OCC1c2ccccc2-c2ccccc21. The molecule has 0 bridgehead atoms. The summed E-state index contributed by atoms with van der Waals surface area (Å²) in [5.41, 5.74) is 5.69. The molecule has 42 heavy (non-hydrogen) atoms. The van der Waals surface area contributed by atoms with Gasteiger partial charge in [-0.25, -0.2) is 14.4 Å². The molecule has 1 atom stereocenters. The molecule has 0 saturated carbocycles. The standard InChI is InChI=1S/C33H35NO8/c1-19(2)13-28(29(35)17-41-32(38)31-20(3)14-22(15-21(31)4)40-18-30(36)37)34-33(39)42-16-27-25-11-7-5-9-23(25)24-10-6-8-12-26(24)27/h5-12,14-15,19,27-28H,13,16-18H2,1-4H3,(H,34,39)(H,36,37)/t28-/m0/s1. The number of aryl methyl sites for hydroxylation is 2. The molecule has 0 heterocycles. The van der Waals surface area contributed by atoms with Crippen molar-refractivity contribution in [2.75, 3.05) is 19.8 Å². The number of fused-ring (bicyclic) bond motifs is 3. The third-order valence-corrected chi connectivity index (χ3v) is 7.15. The van der Waals surface area contributed by atoms with Crippen LogP contribution in [0.1, 0.15) is 58.8 Å². The number of esters is 1. The molecule has 0 spiro atoms. The van der Waals surface area contributed by atoms with Crippen molar-refractivity contribution in [2.45, 2.75) is 46.1 Å². The van der Waals surface area contributed by atoms with E-state index in [4.69, 9.17) is 19.3 Å². The predicted octanol–water partition coefficient (Wildman–Crippen LogP) is 5.45. The number of ketones is 1. The van der Waals surface area contributed by atoms with Crippen LogP contribution in [0.25, 0.3) is 11.1 Å². The minimum Gasteiger partial charge on any atom is -0.482 e. The number of carbonyl (C=O) groups is 4. The van der Waals surface area contributed by atoms with Gasteiger partial charge in [0.2, 0.25) is 0 Å². The maximum Gasteiger partial charge on any atom is 0.407 e. The summed E-state index contributed by atoms with van der Waals surface area (Å²) in [5, 5.41) is 11.5. The summed E-state index contributed by atoms with van der Waals surface area (Å²) in [5.74, 6) is -2.00. The zero-order chi connectivity index (χ0) is 30.4. The van der Waals surface area contributed by atoms with Gasteiger partial charge in [0.05, 0.1) is 11.6 Å². The number of nitrogens with one attached hydrogen (secondary N) is 1. The number of carboxylic acids is 1. The van der Waals surface area contributed by atoms with Gasteiger partial charge in [0, 0.05) is 5.92 Å². The summed E-state index contributed by atoms with van der Waals surface area (Å²) in [6.07, 6.45) is -0.375. The van der Waals surface area contributed by atoms with Crippen LogP contribution in [0.2, 0.25) is 0 Å². The molecule has 0 saturated heterocycles. The first-order valence-electron chi connectivity index (χ1n) is 13.8. The number of alkyl carbamates (subject to hydrolysis) is 1. The molecule has 1 aliphatic rings. The Balaban J connectivity index is 1.36. The van der Waals surface area contributed by atoms with E-state index in [1.165, 1.54) is 12.1 Å². The smallest absolute Gasteiger partial charge is 0.407 e. The summed E-state index contributed by atoms with van der Waals surface area (Å²) in [6, 6.07) is 18.2. The van der Waals surface area contributed by atoms with Crippen molar-refractivity contribution >= 4 is 23.8 Å². The van der Waals surface area contributed by atoms with Crippen molar-refractivity contribution in [2.24, 2.45) is 5.92 Å².